The Labute approximate surface area is 137 Å². The van der Waals surface area contributed by atoms with Crippen LogP contribution >= 0.6 is 0 Å². The predicted octanol–water partition coefficient (Wildman–Crippen LogP) is 2.75. The number of fused-ring (bicyclic) bond motifs is 1. The molecule has 0 unspecified atom stereocenters. The third kappa shape index (κ3) is 3.47. The van der Waals surface area contributed by atoms with Crippen LogP contribution in [0.25, 0.3) is 0 Å². The summed E-state index contributed by atoms with van der Waals surface area (Å²) in [4.78, 5) is 15.8. The molecule has 1 aliphatic heterocycles. The van der Waals surface area contributed by atoms with Crippen molar-refractivity contribution in [1.82, 2.24) is 4.90 Å². The normalized spacial score (nSPS) is 13.4. The van der Waals surface area contributed by atoms with Crippen LogP contribution in [-0.2, 0) is 17.8 Å². The fourth-order valence-corrected chi connectivity index (χ4v) is 2.93. The van der Waals surface area contributed by atoms with Crippen molar-refractivity contribution in [2.24, 2.45) is 0 Å². The first-order valence-electron chi connectivity index (χ1n) is 8.00. The maximum absolute atomic E-state index is 11.8. The topological polar surface area (TPSA) is 35.6 Å². The monoisotopic (exact) mass is 309 g/mol. The van der Waals surface area contributed by atoms with Crippen LogP contribution in [0.2, 0.25) is 0 Å². The van der Waals surface area contributed by atoms with E-state index in [0.717, 1.165) is 30.9 Å². The van der Waals surface area contributed by atoms with Gasteiger partial charge in [-0.15, -0.1) is 0 Å². The van der Waals surface area contributed by atoms with Crippen molar-refractivity contribution < 1.29 is 4.79 Å². The molecule has 4 nitrogen and oxygen atoms in total. The van der Waals surface area contributed by atoms with E-state index < -0.39 is 0 Å². The van der Waals surface area contributed by atoms with Gasteiger partial charge in [0.1, 0.15) is 0 Å². The summed E-state index contributed by atoms with van der Waals surface area (Å²) >= 11 is 0. The number of carbonyl (C=O) groups is 1. The van der Waals surface area contributed by atoms with Crippen LogP contribution in [0, 0.1) is 0 Å². The third-order valence-corrected chi connectivity index (χ3v) is 4.30. The SMILES string of the molecule is CN(C)C(=O)CNc1ccccc1N1CCc2ccccc2C1. The van der Waals surface area contributed by atoms with Gasteiger partial charge < -0.3 is 15.1 Å². The first kappa shape index (κ1) is 15.4. The molecule has 0 saturated carbocycles. The third-order valence-electron chi connectivity index (χ3n) is 4.30. The lowest BCUT2D eigenvalue weighted by Crippen LogP contribution is -2.32. The molecular formula is C19H23N3O. The molecule has 23 heavy (non-hydrogen) atoms. The van der Waals surface area contributed by atoms with Crippen LogP contribution in [0.1, 0.15) is 11.1 Å². The van der Waals surface area contributed by atoms with E-state index >= 15 is 0 Å². The number of carbonyl (C=O) groups excluding carboxylic acids is 1. The number of benzene rings is 2. The Bertz CT molecular complexity index is 697. The van der Waals surface area contributed by atoms with E-state index in [2.05, 4.69) is 46.6 Å². The Hall–Kier alpha value is -2.49. The van der Waals surface area contributed by atoms with Gasteiger partial charge in [0.15, 0.2) is 0 Å². The molecule has 0 radical (unpaired) electrons. The van der Waals surface area contributed by atoms with Gasteiger partial charge in [-0.3, -0.25) is 4.79 Å². The molecule has 4 heteroatoms. The molecule has 1 aliphatic rings. The zero-order valence-electron chi connectivity index (χ0n) is 13.7. The Morgan fingerprint density at radius 3 is 2.57 bits per heavy atom. The first-order valence-corrected chi connectivity index (χ1v) is 8.00. The molecule has 1 N–H and O–H groups in total. The fraction of sp³-hybridized carbons (Fsp3) is 0.316. The van der Waals surface area contributed by atoms with E-state index in [4.69, 9.17) is 0 Å². The summed E-state index contributed by atoms with van der Waals surface area (Å²) in [5.41, 5.74) is 5.01. The number of hydrogen-bond donors (Lipinski definition) is 1. The Morgan fingerprint density at radius 1 is 1.09 bits per heavy atom. The lowest BCUT2D eigenvalue weighted by atomic mass is 9.99. The molecular weight excluding hydrogens is 286 g/mol. The van der Waals surface area contributed by atoms with Gasteiger partial charge in [-0.05, 0) is 29.7 Å². The van der Waals surface area contributed by atoms with Crippen LogP contribution in [0.4, 0.5) is 11.4 Å². The predicted molar refractivity (Wildman–Crippen MR) is 94.8 cm³/mol. The summed E-state index contributed by atoms with van der Waals surface area (Å²) in [6, 6.07) is 16.8. The highest BCUT2D eigenvalue weighted by molar-refractivity contribution is 5.82. The standard InChI is InChI=1S/C19H23N3O/c1-21(2)19(23)13-20-17-9-5-6-10-18(17)22-12-11-15-7-3-4-8-16(15)14-22/h3-10,20H,11-14H2,1-2H3. The van der Waals surface area contributed by atoms with Gasteiger partial charge >= 0.3 is 0 Å². The molecule has 120 valence electrons. The Kier molecular flexibility index (Phi) is 4.51. The average Bonchev–Trinajstić information content (AvgIpc) is 2.59. The number of nitrogens with one attached hydrogen (secondary N) is 1. The summed E-state index contributed by atoms with van der Waals surface area (Å²) in [6.45, 7) is 2.22. The van der Waals surface area contributed by atoms with Gasteiger partial charge in [-0.25, -0.2) is 0 Å². The van der Waals surface area contributed by atoms with Crippen LogP contribution < -0.4 is 10.2 Å². The summed E-state index contributed by atoms with van der Waals surface area (Å²) in [7, 11) is 3.55. The number of hydrogen-bond acceptors (Lipinski definition) is 3. The Morgan fingerprint density at radius 2 is 1.78 bits per heavy atom. The van der Waals surface area contributed by atoms with Crippen LogP contribution in [0.3, 0.4) is 0 Å². The van der Waals surface area contributed by atoms with Crippen molar-refractivity contribution in [3.8, 4) is 0 Å². The summed E-state index contributed by atoms with van der Waals surface area (Å²) in [6.07, 6.45) is 1.06. The molecule has 0 saturated heterocycles. The second-order valence-corrected chi connectivity index (χ2v) is 6.10. The van der Waals surface area contributed by atoms with E-state index in [0.29, 0.717) is 6.54 Å². The van der Waals surface area contributed by atoms with E-state index in [1.807, 2.05) is 12.1 Å². The molecule has 2 aromatic rings. The number of anilines is 2. The highest BCUT2D eigenvalue weighted by Crippen LogP contribution is 2.30. The van der Waals surface area contributed by atoms with Gasteiger partial charge in [0.2, 0.25) is 5.91 Å². The maximum Gasteiger partial charge on any atom is 0.241 e. The van der Waals surface area contributed by atoms with Crippen molar-refractivity contribution in [1.29, 1.82) is 0 Å². The summed E-state index contributed by atoms with van der Waals surface area (Å²) < 4.78 is 0. The summed E-state index contributed by atoms with van der Waals surface area (Å²) in [5, 5.41) is 3.28. The van der Waals surface area contributed by atoms with Gasteiger partial charge in [0, 0.05) is 27.2 Å². The molecule has 0 aromatic heterocycles. The van der Waals surface area contributed by atoms with Crippen molar-refractivity contribution >= 4 is 17.3 Å². The molecule has 2 aromatic carbocycles. The maximum atomic E-state index is 11.8. The lowest BCUT2D eigenvalue weighted by Gasteiger charge is -2.32. The average molecular weight is 309 g/mol. The number of likely N-dealkylation sites (N-methyl/N-ethyl adjacent to an activating group) is 1. The highest BCUT2D eigenvalue weighted by Gasteiger charge is 2.18. The first-order chi connectivity index (χ1) is 11.1. The molecule has 0 fully saturated rings. The molecule has 0 aliphatic carbocycles. The van der Waals surface area contributed by atoms with E-state index in [1.54, 1.807) is 19.0 Å². The second kappa shape index (κ2) is 6.73. The lowest BCUT2D eigenvalue weighted by molar-refractivity contribution is -0.126. The number of para-hydroxylation sites is 2. The van der Waals surface area contributed by atoms with Gasteiger partial charge in [0.05, 0.1) is 17.9 Å². The number of amides is 1. The minimum absolute atomic E-state index is 0.0730. The largest absolute Gasteiger partial charge is 0.374 e. The number of nitrogens with zero attached hydrogens (tertiary/aromatic N) is 2. The van der Waals surface area contributed by atoms with E-state index in [1.165, 1.54) is 11.1 Å². The van der Waals surface area contributed by atoms with Crippen molar-refractivity contribution in [2.45, 2.75) is 13.0 Å². The molecule has 0 bridgehead atoms. The quantitative estimate of drug-likeness (QED) is 0.943. The summed E-state index contributed by atoms with van der Waals surface area (Å²) in [5.74, 6) is 0.0730. The fourth-order valence-electron chi connectivity index (χ4n) is 2.93. The van der Waals surface area contributed by atoms with E-state index in [9.17, 15) is 4.79 Å². The zero-order chi connectivity index (χ0) is 16.2. The zero-order valence-corrected chi connectivity index (χ0v) is 13.7. The van der Waals surface area contributed by atoms with Crippen LogP contribution in [0.5, 0.6) is 0 Å². The van der Waals surface area contributed by atoms with Crippen molar-refractivity contribution in [3.63, 3.8) is 0 Å². The molecule has 1 heterocycles. The smallest absolute Gasteiger partial charge is 0.241 e. The van der Waals surface area contributed by atoms with Crippen molar-refractivity contribution in [2.75, 3.05) is 37.4 Å². The molecule has 0 spiro atoms. The molecule has 1 amide bonds. The van der Waals surface area contributed by atoms with E-state index in [-0.39, 0.29) is 5.91 Å². The molecule has 3 rings (SSSR count). The van der Waals surface area contributed by atoms with Crippen LogP contribution in [-0.4, -0.2) is 38.0 Å². The van der Waals surface area contributed by atoms with Gasteiger partial charge in [-0.1, -0.05) is 36.4 Å². The minimum Gasteiger partial charge on any atom is -0.374 e. The van der Waals surface area contributed by atoms with Gasteiger partial charge in [-0.2, -0.15) is 0 Å². The second-order valence-electron chi connectivity index (χ2n) is 6.10. The van der Waals surface area contributed by atoms with Crippen LogP contribution in [0.15, 0.2) is 48.5 Å². The van der Waals surface area contributed by atoms with Gasteiger partial charge in [0.25, 0.3) is 0 Å². The number of rotatable bonds is 4. The minimum atomic E-state index is 0.0730. The molecule has 0 atom stereocenters. The highest BCUT2D eigenvalue weighted by atomic mass is 16.2. The Balaban J connectivity index is 1.77. The van der Waals surface area contributed by atoms with Crippen molar-refractivity contribution in [3.05, 3.63) is 59.7 Å².